The summed E-state index contributed by atoms with van der Waals surface area (Å²) >= 11 is 0. The molecule has 2 heterocycles. The van der Waals surface area contributed by atoms with Crippen molar-refractivity contribution in [1.29, 1.82) is 0 Å². The average molecular weight is 459 g/mol. The first-order valence-electron chi connectivity index (χ1n) is 12.0. The first-order valence-corrected chi connectivity index (χ1v) is 12.0. The summed E-state index contributed by atoms with van der Waals surface area (Å²) in [5, 5.41) is 4.07. The summed E-state index contributed by atoms with van der Waals surface area (Å²) in [5.74, 6) is 2.62. The molecule has 2 fully saturated rings. The molecular weight excluding hydrogens is 423 g/mol. The second kappa shape index (κ2) is 10.2. The third-order valence-corrected chi connectivity index (χ3v) is 6.90. The van der Waals surface area contributed by atoms with Gasteiger partial charge in [0, 0.05) is 33.1 Å². The Hall–Kier alpha value is -2.48. The Bertz CT molecular complexity index is 953. The molecule has 180 valence electrons. The van der Waals surface area contributed by atoms with Crippen LogP contribution < -0.4 is 4.90 Å². The van der Waals surface area contributed by atoms with E-state index in [1.807, 2.05) is 6.07 Å². The van der Waals surface area contributed by atoms with E-state index in [9.17, 15) is 9.18 Å². The van der Waals surface area contributed by atoms with Crippen molar-refractivity contribution in [3.8, 4) is 0 Å². The SMILES string of the molecule is CC(C)c1noc(N2CCC([C@H]3C[C@H]3COCc3ccc(CC(=O)N(C)C)c(F)c3)CC2)n1. The zero-order valence-electron chi connectivity index (χ0n) is 20.1. The number of ether oxygens (including phenoxy) is 1. The van der Waals surface area contributed by atoms with Crippen LogP contribution in [0.2, 0.25) is 0 Å². The number of piperidine rings is 1. The van der Waals surface area contributed by atoms with Crippen LogP contribution in [0.3, 0.4) is 0 Å². The Morgan fingerprint density at radius 3 is 2.70 bits per heavy atom. The van der Waals surface area contributed by atoms with E-state index in [1.165, 1.54) is 17.4 Å². The summed E-state index contributed by atoms with van der Waals surface area (Å²) in [5.41, 5.74) is 1.23. The van der Waals surface area contributed by atoms with E-state index in [0.717, 1.165) is 49.8 Å². The quantitative estimate of drug-likeness (QED) is 0.565. The number of carbonyl (C=O) groups is 1. The Morgan fingerprint density at radius 2 is 2.06 bits per heavy atom. The summed E-state index contributed by atoms with van der Waals surface area (Å²) in [6.07, 6.45) is 3.56. The monoisotopic (exact) mass is 458 g/mol. The van der Waals surface area contributed by atoms with Crippen LogP contribution in [-0.2, 0) is 22.6 Å². The third-order valence-electron chi connectivity index (χ3n) is 6.90. The number of hydrogen-bond donors (Lipinski definition) is 0. The predicted octanol–water partition coefficient (Wildman–Crippen LogP) is 4.03. The van der Waals surface area contributed by atoms with Crippen molar-refractivity contribution < 1.29 is 18.4 Å². The molecule has 1 amide bonds. The van der Waals surface area contributed by atoms with Gasteiger partial charge >= 0.3 is 6.01 Å². The molecule has 4 rings (SSSR count). The van der Waals surface area contributed by atoms with Crippen molar-refractivity contribution >= 4 is 11.9 Å². The van der Waals surface area contributed by atoms with Gasteiger partial charge in [-0.05, 0) is 54.2 Å². The highest BCUT2D eigenvalue weighted by molar-refractivity contribution is 5.78. The number of anilines is 1. The van der Waals surface area contributed by atoms with Crippen LogP contribution in [0.1, 0.15) is 56.0 Å². The topological polar surface area (TPSA) is 71.7 Å². The number of aromatic nitrogens is 2. The van der Waals surface area contributed by atoms with Crippen molar-refractivity contribution in [3.05, 3.63) is 41.0 Å². The molecule has 7 nitrogen and oxygen atoms in total. The van der Waals surface area contributed by atoms with Gasteiger partial charge in [0.1, 0.15) is 5.82 Å². The smallest absolute Gasteiger partial charge is 0.324 e. The van der Waals surface area contributed by atoms with Crippen LogP contribution in [-0.4, -0.2) is 54.7 Å². The zero-order valence-corrected chi connectivity index (χ0v) is 20.1. The second-order valence-electron chi connectivity index (χ2n) is 9.98. The lowest BCUT2D eigenvalue weighted by atomic mass is 9.91. The maximum Gasteiger partial charge on any atom is 0.324 e. The summed E-state index contributed by atoms with van der Waals surface area (Å²) < 4.78 is 25.7. The average Bonchev–Trinajstić information content (AvgIpc) is 3.38. The molecule has 1 saturated carbocycles. The van der Waals surface area contributed by atoms with Crippen LogP contribution in [0, 0.1) is 23.6 Å². The van der Waals surface area contributed by atoms with E-state index >= 15 is 0 Å². The Balaban J connectivity index is 1.17. The van der Waals surface area contributed by atoms with E-state index in [2.05, 4.69) is 28.9 Å². The van der Waals surface area contributed by atoms with Crippen molar-refractivity contribution in [3.63, 3.8) is 0 Å². The molecule has 2 aliphatic rings. The second-order valence-corrected chi connectivity index (χ2v) is 9.98. The van der Waals surface area contributed by atoms with E-state index in [-0.39, 0.29) is 24.1 Å². The van der Waals surface area contributed by atoms with Gasteiger partial charge in [-0.3, -0.25) is 4.79 Å². The molecule has 1 aliphatic carbocycles. The lowest BCUT2D eigenvalue weighted by Crippen LogP contribution is -2.34. The normalized spacial score (nSPS) is 21.0. The predicted molar refractivity (Wildman–Crippen MR) is 123 cm³/mol. The molecule has 2 atom stereocenters. The van der Waals surface area contributed by atoms with E-state index in [0.29, 0.717) is 30.0 Å². The van der Waals surface area contributed by atoms with Gasteiger partial charge in [0.05, 0.1) is 19.6 Å². The van der Waals surface area contributed by atoms with E-state index in [4.69, 9.17) is 9.26 Å². The van der Waals surface area contributed by atoms with Crippen LogP contribution >= 0.6 is 0 Å². The minimum absolute atomic E-state index is 0.0773. The molecule has 0 radical (unpaired) electrons. The van der Waals surface area contributed by atoms with Crippen LogP contribution in [0.25, 0.3) is 0 Å². The zero-order chi connectivity index (χ0) is 23.5. The van der Waals surface area contributed by atoms with E-state index in [1.54, 1.807) is 20.2 Å². The number of halogens is 1. The van der Waals surface area contributed by atoms with Crippen molar-refractivity contribution in [2.24, 2.45) is 17.8 Å². The Labute approximate surface area is 195 Å². The van der Waals surface area contributed by atoms with Gasteiger partial charge in [-0.25, -0.2) is 4.39 Å². The molecule has 0 spiro atoms. The summed E-state index contributed by atoms with van der Waals surface area (Å²) in [7, 11) is 3.35. The number of hydrogen-bond acceptors (Lipinski definition) is 6. The maximum absolute atomic E-state index is 14.3. The lowest BCUT2D eigenvalue weighted by Gasteiger charge is -2.30. The summed E-state index contributed by atoms with van der Waals surface area (Å²) in [6.45, 7) is 7.16. The molecule has 1 aromatic heterocycles. The molecule has 0 bridgehead atoms. The number of likely N-dealkylation sites (N-methyl/N-ethyl adjacent to an activating group) is 1. The van der Waals surface area contributed by atoms with Crippen LogP contribution in [0.15, 0.2) is 22.7 Å². The Kier molecular flexibility index (Phi) is 7.32. The third kappa shape index (κ3) is 5.91. The van der Waals surface area contributed by atoms with Gasteiger partial charge in [0.2, 0.25) is 5.91 Å². The Morgan fingerprint density at radius 1 is 1.30 bits per heavy atom. The molecule has 1 saturated heterocycles. The minimum atomic E-state index is -0.343. The summed E-state index contributed by atoms with van der Waals surface area (Å²) in [6, 6.07) is 5.68. The maximum atomic E-state index is 14.3. The van der Waals surface area contributed by atoms with Gasteiger partial charge in [-0.15, -0.1) is 0 Å². The standard InChI is InChI=1S/C25H35FN4O3/c1-16(2)24-27-25(33-28-24)30-9-7-18(8-10-30)21-12-20(21)15-32-14-17-5-6-19(22(26)11-17)13-23(31)29(3)4/h5-6,11,16,18,20-21H,7-10,12-15H2,1-4H3/t20-,21+/m0/s1. The fourth-order valence-corrected chi connectivity index (χ4v) is 4.62. The minimum Gasteiger partial charge on any atom is -0.376 e. The molecule has 0 unspecified atom stereocenters. The van der Waals surface area contributed by atoms with Gasteiger partial charge < -0.3 is 19.1 Å². The molecule has 1 aliphatic heterocycles. The summed E-state index contributed by atoms with van der Waals surface area (Å²) in [4.78, 5) is 20.0. The van der Waals surface area contributed by atoms with Gasteiger partial charge in [0.15, 0.2) is 5.82 Å². The highest BCUT2D eigenvalue weighted by Gasteiger charge is 2.43. The van der Waals surface area contributed by atoms with Crippen LogP contribution in [0.5, 0.6) is 0 Å². The van der Waals surface area contributed by atoms with Crippen molar-refractivity contribution in [2.45, 2.75) is 52.1 Å². The van der Waals surface area contributed by atoms with Crippen LogP contribution in [0.4, 0.5) is 10.4 Å². The molecule has 0 N–H and O–H groups in total. The van der Waals surface area contributed by atoms with Crippen molar-refractivity contribution in [2.75, 3.05) is 38.7 Å². The molecule has 33 heavy (non-hydrogen) atoms. The largest absolute Gasteiger partial charge is 0.376 e. The first kappa shape index (κ1) is 23.7. The van der Waals surface area contributed by atoms with Gasteiger partial charge in [-0.2, -0.15) is 4.98 Å². The van der Waals surface area contributed by atoms with Gasteiger partial charge in [-0.1, -0.05) is 31.1 Å². The highest BCUT2D eigenvalue weighted by Crippen LogP contribution is 2.48. The van der Waals surface area contributed by atoms with Crippen molar-refractivity contribution in [1.82, 2.24) is 15.0 Å². The van der Waals surface area contributed by atoms with E-state index < -0.39 is 0 Å². The molecule has 2 aromatic rings. The fraction of sp³-hybridized carbons (Fsp3) is 0.640. The number of nitrogens with zero attached hydrogens (tertiary/aromatic N) is 4. The number of benzene rings is 1. The van der Waals surface area contributed by atoms with Gasteiger partial charge in [0.25, 0.3) is 0 Å². The molecule has 1 aromatic carbocycles. The molecular formula is C25H35FN4O3. The highest BCUT2D eigenvalue weighted by atomic mass is 19.1. The molecule has 8 heteroatoms. The lowest BCUT2D eigenvalue weighted by molar-refractivity contribution is -0.128. The number of amides is 1. The fourth-order valence-electron chi connectivity index (χ4n) is 4.62. The number of carbonyl (C=O) groups excluding carboxylic acids is 1. The number of rotatable bonds is 9. The first-order chi connectivity index (χ1) is 15.8.